The van der Waals surface area contributed by atoms with E-state index in [-0.39, 0.29) is 11.8 Å². The van der Waals surface area contributed by atoms with E-state index in [4.69, 9.17) is 14.2 Å². The highest BCUT2D eigenvalue weighted by molar-refractivity contribution is 5.97. The first-order valence-corrected chi connectivity index (χ1v) is 7.79. The molecule has 24 heavy (non-hydrogen) atoms. The van der Waals surface area contributed by atoms with Crippen molar-refractivity contribution in [2.75, 3.05) is 26.6 Å². The van der Waals surface area contributed by atoms with Crippen LogP contribution < -0.4 is 19.5 Å². The average Bonchev–Trinajstić information content (AvgIpc) is 2.59. The highest BCUT2D eigenvalue weighted by atomic mass is 16.5. The number of aryl methyl sites for hydroxylation is 1. The van der Waals surface area contributed by atoms with Gasteiger partial charge in [-0.25, -0.2) is 0 Å². The summed E-state index contributed by atoms with van der Waals surface area (Å²) in [6, 6.07) is 9.88. The van der Waals surface area contributed by atoms with Gasteiger partial charge in [0, 0.05) is 24.0 Å². The van der Waals surface area contributed by atoms with Gasteiger partial charge >= 0.3 is 0 Å². The molecule has 0 aromatic heterocycles. The zero-order valence-corrected chi connectivity index (χ0v) is 14.3. The fourth-order valence-electron chi connectivity index (χ4n) is 3.36. The molecule has 3 rings (SSSR count). The van der Waals surface area contributed by atoms with E-state index in [1.165, 1.54) is 0 Å². The topological polar surface area (TPSA) is 56.8 Å². The minimum atomic E-state index is -0.0929. The van der Waals surface area contributed by atoms with E-state index < -0.39 is 0 Å². The van der Waals surface area contributed by atoms with Crippen LogP contribution in [0.3, 0.4) is 0 Å². The molecule has 1 aliphatic heterocycles. The maximum absolute atomic E-state index is 12.3. The van der Waals surface area contributed by atoms with Crippen LogP contribution in [-0.2, 0) is 4.79 Å². The fraction of sp³-hybridized carbons (Fsp3) is 0.316. The van der Waals surface area contributed by atoms with E-state index in [0.29, 0.717) is 29.4 Å². The van der Waals surface area contributed by atoms with Crippen molar-refractivity contribution < 1.29 is 19.0 Å². The monoisotopic (exact) mass is 327 g/mol. The maximum atomic E-state index is 12.3. The van der Waals surface area contributed by atoms with Crippen molar-refractivity contribution in [3.8, 4) is 17.2 Å². The summed E-state index contributed by atoms with van der Waals surface area (Å²) in [5, 5.41) is 2.93. The second-order valence-electron chi connectivity index (χ2n) is 5.77. The Balaban J connectivity index is 2.28. The third kappa shape index (κ3) is 2.56. The van der Waals surface area contributed by atoms with Gasteiger partial charge in [-0.1, -0.05) is 24.3 Å². The minimum Gasteiger partial charge on any atom is -0.493 e. The van der Waals surface area contributed by atoms with Gasteiger partial charge in [0.05, 0.1) is 27.0 Å². The van der Waals surface area contributed by atoms with Crippen LogP contribution in [-0.4, -0.2) is 27.2 Å². The zero-order chi connectivity index (χ0) is 17.3. The summed E-state index contributed by atoms with van der Waals surface area (Å²) >= 11 is 0. The van der Waals surface area contributed by atoms with Crippen molar-refractivity contribution in [3.05, 3.63) is 47.0 Å². The Morgan fingerprint density at radius 3 is 2.38 bits per heavy atom. The van der Waals surface area contributed by atoms with E-state index in [9.17, 15) is 4.79 Å². The Labute approximate surface area is 141 Å². The quantitative estimate of drug-likeness (QED) is 0.934. The van der Waals surface area contributed by atoms with Crippen molar-refractivity contribution in [2.24, 2.45) is 0 Å². The number of fused-ring (bicyclic) bond motifs is 1. The van der Waals surface area contributed by atoms with Crippen molar-refractivity contribution in [1.29, 1.82) is 0 Å². The molecular formula is C19H21NO4. The van der Waals surface area contributed by atoms with Gasteiger partial charge in [0.1, 0.15) is 0 Å². The minimum absolute atomic E-state index is 0.0231. The molecule has 1 unspecified atom stereocenters. The second-order valence-corrected chi connectivity index (χ2v) is 5.77. The van der Waals surface area contributed by atoms with Crippen molar-refractivity contribution >= 4 is 11.6 Å². The van der Waals surface area contributed by atoms with Crippen LogP contribution in [0.5, 0.6) is 17.2 Å². The highest BCUT2D eigenvalue weighted by Crippen LogP contribution is 2.51. The van der Waals surface area contributed by atoms with Gasteiger partial charge < -0.3 is 19.5 Å². The summed E-state index contributed by atoms with van der Waals surface area (Å²) in [4.78, 5) is 12.3. The number of carbonyl (C=O) groups excluding carboxylic acids is 1. The van der Waals surface area contributed by atoms with Crippen LogP contribution >= 0.6 is 0 Å². The Bertz CT molecular complexity index is 785. The number of anilines is 1. The van der Waals surface area contributed by atoms with Crippen LogP contribution in [0.2, 0.25) is 0 Å². The number of amides is 1. The number of benzene rings is 2. The Morgan fingerprint density at radius 1 is 1.04 bits per heavy atom. The van der Waals surface area contributed by atoms with Gasteiger partial charge in [-0.15, -0.1) is 0 Å². The van der Waals surface area contributed by atoms with Gasteiger partial charge in [-0.3, -0.25) is 4.79 Å². The third-order valence-corrected chi connectivity index (χ3v) is 4.44. The predicted molar refractivity (Wildman–Crippen MR) is 92.4 cm³/mol. The number of ether oxygens (including phenoxy) is 3. The molecule has 2 aromatic carbocycles. The summed E-state index contributed by atoms with van der Waals surface area (Å²) in [6.07, 6.45) is 0.365. The number of carbonyl (C=O) groups is 1. The lowest BCUT2D eigenvalue weighted by Gasteiger charge is -2.30. The molecule has 1 atom stereocenters. The van der Waals surface area contributed by atoms with Crippen LogP contribution in [0.1, 0.15) is 29.0 Å². The molecule has 5 heteroatoms. The van der Waals surface area contributed by atoms with E-state index >= 15 is 0 Å². The molecule has 0 spiro atoms. The highest BCUT2D eigenvalue weighted by Gasteiger charge is 2.33. The normalized spacial score (nSPS) is 16.2. The molecule has 1 amide bonds. The van der Waals surface area contributed by atoms with Gasteiger partial charge in [-0.05, 0) is 18.1 Å². The van der Waals surface area contributed by atoms with Crippen molar-refractivity contribution in [3.63, 3.8) is 0 Å². The third-order valence-electron chi connectivity index (χ3n) is 4.44. The average molecular weight is 327 g/mol. The summed E-state index contributed by atoms with van der Waals surface area (Å²) < 4.78 is 16.5. The molecule has 0 aliphatic carbocycles. The van der Waals surface area contributed by atoms with E-state index in [1.807, 2.05) is 12.1 Å². The lowest BCUT2D eigenvalue weighted by Crippen LogP contribution is -2.24. The molecule has 1 aliphatic rings. The molecule has 2 aromatic rings. The van der Waals surface area contributed by atoms with Crippen LogP contribution in [0, 0.1) is 6.92 Å². The van der Waals surface area contributed by atoms with Crippen LogP contribution in [0.25, 0.3) is 0 Å². The van der Waals surface area contributed by atoms with E-state index in [2.05, 4.69) is 24.4 Å². The lowest BCUT2D eigenvalue weighted by atomic mass is 9.82. The largest absolute Gasteiger partial charge is 0.493 e. The smallest absolute Gasteiger partial charge is 0.225 e. The Hall–Kier alpha value is -2.69. The summed E-state index contributed by atoms with van der Waals surface area (Å²) in [6.45, 7) is 2.05. The van der Waals surface area contributed by atoms with E-state index in [0.717, 1.165) is 16.7 Å². The molecule has 126 valence electrons. The van der Waals surface area contributed by atoms with Crippen LogP contribution in [0.4, 0.5) is 5.69 Å². The second kappa shape index (κ2) is 6.43. The number of hydrogen-bond donors (Lipinski definition) is 1. The molecule has 0 saturated carbocycles. The lowest BCUT2D eigenvalue weighted by molar-refractivity contribution is -0.116. The summed E-state index contributed by atoms with van der Waals surface area (Å²) in [7, 11) is 4.74. The van der Waals surface area contributed by atoms with E-state index in [1.54, 1.807) is 27.4 Å². The standard InChI is InChI=1S/C19H21NO4/c1-11-7-5-6-8-12(11)13-9-16(21)20-14-10-15(22-2)18(23-3)19(24-4)17(13)14/h5-8,10,13H,9H2,1-4H3,(H,20,21). The van der Waals surface area contributed by atoms with Gasteiger partial charge in [0.15, 0.2) is 11.5 Å². The molecular weight excluding hydrogens is 306 g/mol. The number of methoxy groups -OCH3 is 3. The first-order chi connectivity index (χ1) is 11.6. The molecule has 1 N–H and O–H groups in total. The molecule has 0 fully saturated rings. The van der Waals surface area contributed by atoms with Gasteiger partial charge in [-0.2, -0.15) is 0 Å². The van der Waals surface area contributed by atoms with Crippen molar-refractivity contribution in [2.45, 2.75) is 19.3 Å². The number of hydrogen-bond acceptors (Lipinski definition) is 4. The van der Waals surface area contributed by atoms with Crippen molar-refractivity contribution in [1.82, 2.24) is 0 Å². The number of nitrogens with one attached hydrogen (secondary N) is 1. The Kier molecular flexibility index (Phi) is 4.34. The molecule has 0 bridgehead atoms. The summed E-state index contributed by atoms with van der Waals surface area (Å²) in [5.41, 5.74) is 3.87. The predicted octanol–water partition coefficient (Wildman–Crippen LogP) is 3.49. The fourth-order valence-corrected chi connectivity index (χ4v) is 3.36. The first kappa shape index (κ1) is 16.2. The molecule has 0 saturated heterocycles. The SMILES string of the molecule is COc1cc2c(c(OC)c1OC)C(c1ccccc1C)CC(=O)N2. The summed E-state index contributed by atoms with van der Waals surface area (Å²) in [5.74, 6) is 1.54. The molecule has 5 nitrogen and oxygen atoms in total. The van der Waals surface area contributed by atoms with Gasteiger partial charge in [0.25, 0.3) is 0 Å². The van der Waals surface area contributed by atoms with Gasteiger partial charge in [0.2, 0.25) is 11.7 Å². The Morgan fingerprint density at radius 2 is 1.75 bits per heavy atom. The molecule has 1 heterocycles. The molecule has 0 radical (unpaired) electrons. The maximum Gasteiger partial charge on any atom is 0.225 e. The zero-order valence-electron chi connectivity index (χ0n) is 14.3. The van der Waals surface area contributed by atoms with Crippen LogP contribution in [0.15, 0.2) is 30.3 Å². The number of rotatable bonds is 4. The first-order valence-electron chi connectivity index (χ1n) is 7.79.